The van der Waals surface area contributed by atoms with Crippen LogP contribution in [0.2, 0.25) is 12.6 Å². The van der Waals surface area contributed by atoms with E-state index in [9.17, 15) is 0 Å². The summed E-state index contributed by atoms with van der Waals surface area (Å²) in [6, 6.07) is 0. The first-order valence-corrected chi connectivity index (χ1v) is 4.21. The second-order valence-electron chi connectivity index (χ2n) is 2.56. The van der Waals surface area contributed by atoms with Gasteiger partial charge in [-0.15, -0.1) is 0 Å². The van der Waals surface area contributed by atoms with Crippen LogP contribution in [0.4, 0.5) is 0 Å². The van der Waals surface area contributed by atoms with E-state index in [1.165, 1.54) is 0 Å². The van der Waals surface area contributed by atoms with Crippen molar-refractivity contribution in [1.82, 2.24) is 0 Å². The van der Waals surface area contributed by atoms with Gasteiger partial charge < -0.3 is 9.47 Å². The Bertz CT molecular complexity index is 61.1. The van der Waals surface area contributed by atoms with Crippen LogP contribution in [0.1, 0.15) is 12.8 Å². The molecule has 0 aromatic heterocycles. The molecule has 0 aromatic rings. The molecule has 0 heterocycles. The van der Waals surface area contributed by atoms with Crippen molar-refractivity contribution in [3.8, 4) is 0 Å². The number of rotatable bonds is 8. The Morgan fingerprint density at radius 3 is 1.73 bits per heavy atom. The Labute approximate surface area is 70.5 Å². The summed E-state index contributed by atoms with van der Waals surface area (Å²) in [6.45, 7) is 1.75. The third kappa shape index (κ3) is 9.98. The summed E-state index contributed by atoms with van der Waals surface area (Å²) in [7, 11) is 5.79. The van der Waals surface area contributed by atoms with Crippen molar-refractivity contribution in [2.75, 3.05) is 27.4 Å². The summed E-state index contributed by atoms with van der Waals surface area (Å²) in [4.78, 5) is 0. The van der Waals surface area contributed by atoms with E-state index in [-0.39, 0.29) is 0 Å². The lowest BCUT2D eigenvalue weighted by atomic mass is 9.69. The molecule has 0 N–H and O–H groups in total. The number of hydrogen-bond acceptors (Lipinski definition) is 2. The quantitative estimate of drug-likeness (QED) is 0.393. The van der Waals surface area contributed by atoms with Gasteiger partial charge in [0, 0.05) is 27.4 Å². The van der Waals surface area contributed by atoms with Crippen LogP contribution in [0.3, 0.4) is 0 Å². The third-order valence-corrected chi connectivity index (χ3v) is 1.51. The first-order chi connectivity index (χ1) is 5.41. The van der Waals surface area contributed by atoms with Crippen molar-refractivity contribution in [3.05, 3.63) is 0 Å². The van der Waals surface area contributed by atoms with E-state index in [1.54, 1.807) is 14.2 Å². The van der Waals surface area contributed by atoms with E-state index in [2.05, 4.69) is 7.28 Å². The molecule has 65 valence electrons. The Morgan fingerprint density at radius 2 is 1.36 bits per heavy atom. The van der Waals surface area contributed by atoms with Gasteiger partial charge in [-0.05, 0) is 12.8 Å². The van der Waals surface area contributed by atoms with Crippen LogP contribution in [0.5, 0.6) is 0 Å². The highest BCUT2D eigenvalue weighted by molar-refractivity contribution is 6.35. The van der Waals surface area contributed by atoms with Gasteiger partial charge in [0.1, 0.15) is 7.28 Å². The van der Waals surface area contributed by atoms with Gasteiger partial charge in [0.15, 0.2) is 0 Å². The van der Waals surface area contributed by atoms with Crippen LogP contribution in [0.15, 0.2) is 0 Å². The van der Waals surface area contributed by atoms with Crippen molar-refractivity contribution >= 4 is 7.28 Å². The average molecular weight is 157 g/mol. The maximum Gasteiger partial charge on any atom is 0.109 e. The molecule has 3 heteroatoms. The van der Waals surface area contributed by atoms with E-state index in [0.717, 1.165) is 38.7 Å². The second-order valence-corrected chi connectivity index (χ2v) is 2.56. The maximum absolute atomic E-state index is 4.92. The summed E-state index contributed by atoms with van der Waals surface area (Å²) < 4.78 is 9.85. The van der Waals surface area contributed by atoms with Gasteiger partial charge in [0.25, 0.3) is 0 Å². The Kier molecular flexibility index (Phi) is 9.97. The van der Waals surface area contributed by atoms with Crippen LogP contribution in [-0.2, 0) is 9.47 Å². The lowest BCUT2D eigenvalue weighted by Gasteiger charge is -1.98. The smallest absolute Gasteiger partial charge is 0.109 e. The summed E-state index contributed by atoms with van der Waals surface area (Å²) >= 11 is 0. The zero-order valence-corrected chi connectivity index (χ0v) is 7.64. The largest absolute Gasteiger partial charge is 0.385 e. The lowest BCUT2D eigenvalue weighted by Crippen LogP contribution is -1.96. The molecular weight excluding hydrogens is 139 g/mol. The van der Waals surface area contributed by atoms with Gasteiger partial charge in [0.05, 0.1) is 0 Å². The molecule has 0 fully saturated rings. The van der Waals surface area contributed by atoms with Crippen LogP contribution in [0, 0.1) is 0 Å². The molecular formula is C8H18BO2. The van der Waals surface area contributed by atoms with Crippen LogP contribution >= 0.6 is 0 Å². The minimum atomic E-state index is 0.876. The molecule has 0 saturated carbocycles. The van der Waals surface area contributed by atoms with E-state index in [0.29, 0.717) is 0 Å². The second kappa shape index (κ2) is 9.98. The predicted octanol–water partition coefficient (Wildman–Crippen LogP) is 1.60. The summed E-state index contributed by atoms with van der Waals surface area (Å²) in [5.74, 6) is 0. The Morgan fingerprint density at radius 1 is 0.909 bits per heavy atom. The summed E-state index contributed by atoms with van der Waals surface area (Å²) in [5, 5.41) is 0. The first-order valence-electron chi connectivity index (χ1n) is 4.21. The molecule has 0 spiro atoms. The molecule has 0 bridgehead atoms. The fourth-order valence-electron chi connectivity index (χ4n) is 0.888. The maximum atomic E-state index is 4.92. The molecule has 0 unspecified atom stereocenters. The van der Waals surface area contributed by atoms with Crippen LogP contribution in [0.25, 0.3) is 0 Å². The van der Waals surface area contributed by atoms with Crippen LogP contribution < -0.4 is 0 Å². The number of methoxy groups -OCH3 is 2. The molecule has 1 radical (unpaired) electrons. The number of ether oxygens (including phenoxy) is 2. The van der Waals surface area contributed by atoms with E-state index < -0.39 is 0 Å². The minimum absolute atomic E-state index is 0.876. The van der Waals surface area contributed by atoms with Gasteiger partial charge in [-0.3, -0.25) is 0 Å². The van der Waals surface area contributed by atoms with E-state index in [4.69, 9.17) is 9.47 Å². The highest BCUT2D eigenvalue weighted by atomic mass is 16.5. The molecule has 0 saturated heterocycles. The highest BCUT2D eigenvalue weighted by Gasteiger charge is 1.91. The molecule has 0 aliphatic carbocycles. The van der Waals surface area contributed by atoms with Gasteiger partial charge in [0.2, 0.25) is 0 Å². The molecule has 11 heavy (non-hydrogen) atoms. The summed E-state index contributed by atoms with van der Waals surface area (Å²) in [6.07, 6.45) is 4.61. The minimum Gasteiger partial charge on any atom is -0.385 e. The molecule has 0 amide bonds. The number of hydrogen-bond donors (Lipinski definition) is 0. The molecule has 0 atom stereocenters. The summed E-state index contributed by atoms with van der Waals surface area (Å²) in [5.41, 5.74) is 0. The van der Waals surface area contributed by atoms with Crippen molar-refractivity contribution < 1.29 is 9.47 Å². The van der Waals surface area contributed by atoms with Gasteiger partial charge in [-0.1, -0.05) is 12.6 Å². The van der Waals surface area contributed by atoms with Gasteiger partial charge >= 0.3 is 0 Å². The Hall–Kier alpha value is -0.0151. The van der Waals surface area contributed by atoms with Crippen LogP contribution in [-0.4, -0.2) is 34.7 Å². The third-order valence-electron chi connectivity index (χ3n) is 1.51. The van der Waals surface area contributed by atoms with Crippen molar-refractivity contribution in [2.24, 2.45) is 0 Å². The standard InChI is InChI=1S/C8H18BO2/c1-10-7-3-5-9-6-4-8-11-2/h3-8H2,1-2H3. The highest BCUT2D eigenvalue weighted by Crippen LogP contribution is 1.95. The van der Waals surface area contributed by atoms with Crippen molar-refractivity contribution in [2.45, 2.75) is 25.5 Å². The average Bonchev–Trinajstić information content (AvgIpc) is 2.03. The van der Waals surface area contributed by atoms with Gasteiger partial charge in [-0.25, -0.2) is 0 Å². The molecule has 0 aromatic carbocycles. The fraction of sp³-hybridized carbons (Fsp3) is 1.00. The predicted molar refractivity (Wildman–Crippen MR) is 48.4 cm³/mol. The first kappa shape index (κ1) is 11.0. The zero-order chi connectivity index (χ0) is 8.36. The van der Waals surface area contributed by atoms with Crippen molar-refractivity contribution in [3.63, 3.8) is 0 Å². The zero-order valence-electron chi connectivity index (χ0n) is 7.64. The fourth-order valence-corrected chi connectivity index (χ4v) is 0.888. The van der Waals surface area contributed by atoms with E-state index in [1.807, 2.05) is 0 Å². The molecule has 0 aliphatic heterocycles. The SMILES string of the molecule is COCCC[B]CCCOC. The van der Waals surface area contributed by atoms with E-state index >= 15 is 0 Å². The normalized spacial score (nSPS) is 10.0. The lowest BCUT2D eigenvalue weighted by molar-refractivity contribution is 0.197. The topological polar surface area (TPSA) is 18.5 Å². The van der Waals surface area contributed by atoms with Crippen molar-refractivity contribution in [1.29, 1.82) is 0 Å². The molecule has 2 nitrogen and oxygen atoms in total. The van der Waals surface area contributed by atoms with Gasteiger partial charge in [-0.2, -0.15) is 0 Å². The molecule has 0 aliphatic rings. The monoisotopic (exact) mass is 157 g/mol. The Balaban J connectivity index is 2.69. The molecule has 0 rings (SSSR count).